The van der Waals surface area contributed by atoms with E-state index in [1.54, 1.807) is 0 Å². The molecule has 0 aliphatic heterocycles. The van der Waals surface area contributed by atoms with E-state index in [0.717, 1.165) is 0 Å². The number of halogens is 3. The summed E-state index contributed by atoms with van der Waals surface area (Å²) in [6.07, 6.45) is 14.0. The minimum absolute atomic E-state index is 0. The first-order chi connectivity index (χ1) is 4.00. The zero-order chi connectivity index (χ0) is 5.66. The van der Waals surface area contributed by atoms with Gasteiger partial charge in [-0.3, -0.25) is 0 Å². The number of hydrogen-bond donors (Lipinski definition) is 0. The van der Waals surface area contributed by atoms with Gasteiger partial charge in [-0.15, -0.1) is 0 Å². The topological polar surface area (TPSA) is 0 Å². The molecule has 0 atom stereocenters. The minimum Gasteiger partial charge on any atom is -1.00 e. The van der Waals surface area contributed by atoms with Crippen LogP contribution in [0, 0.1) is 0 Å². The summed E-state index contributed by atoms with van der Waals surface area (Å²) in [4.78, 5) is 0. The van der Waals surface area contributed by atoms with Crippen molar-refractivity contribution in [1.82, 2.24) is 0 Å². The monoisotopic (exact) mass is 406 g/mol. The fraction of sp³-hybridized carbons (Fsp3) is 0.500. The van der Waals surface area contributed by atoms with Crippen LogP contribution in [0.25, 0.3) is 0 Å². The van der Waals surface area contributed by atoms with E-state index in [0.29, 0.717) is 0 Å². The maximum Gasteiger partial charge on any atom is 3.00 e. The maximum atomic E-state index is 2.27. The van der Waals surface area contributed by atoms with E-state index in [9.17, 15) is 0 Å². The van der Waals surface area contributed by atoms with Crippen molar-refractivity contribution in [2.45, 2.75) is 25.7 Å². The zero-order valence-corrected chi connectivity index (χ0v) is 11.3. The normalized spacial score (nSPS) is 13.3. The second-order valence-corrected chi connectivity index (χ2v) is 2.10. The second-order valence-electron chi connectivity index (χ2n) is 2.10. The van der Waals surface area contributed by atoms with Crippen LogP contribution in [-0.2, 0) is 20.1 Å². The van der Waals surface area contributed by atoms with Crippen molar-refractivity contribution in [1.29, 1.82) is 0 Å². The standard InChI is InChI=1S/C8H12.3ClH.Ir/c1-2-4-6-8-7-5-3-1;;;;/h1-2,7-8H,3-6H2;3*1H;/q;;;;+3/p-3. The fourth-order valence-corrected chi connectivity index (χ4v) is 0.856. The Kier molecular flexibility index (Phi) is 34.5. The first kappa shape index (κ1) is 23.1. The molecule has 0 radical (unpaired) electrons. The minimum atomic E-state index is 0. The van der Waals surface area contributed by atoms with Crippen LogP contribution in [0.1, 0.15) is 25.7 Å². The van der Waals surface area contributed by atoms with Gasteiger partial charge in [0, 0.05) is 0 Å². The van der Waals surface area contributed by atoms with Crippen molar-refractivity contribution in [3.63, 3.8) is 0 Å². The molecular weight excluding hydrogens is 395 g/mol. The molecule has 12 heavy (non-hydrogen) atoms. The summed E-state index contributed by atoms with van der Waals surface area (Å²) in [6, 6.07) is 0. The van der Waals surface area contributed by atoms with E-state index in [1.807, 2.05) is 0 Å². The van der Waals surface area contributed by atoms with E-state index in [4.69, 9.17) is 0 Å². The Morgan fingerprint density at radius 2 is 0.667 bits per heavy atom. The van der Waals surface area contributed by atoms with Crippen molar-refractivity contribution in [3.8, 4) is 0 Å². The molecule has 1 rings (SSSR count). The van der Waals surface area contributed by atoms with Crippen LogP contribution in [0.5, 0.6) is 0 Å². The van der Waals surface area contributed by atoms with E-state index < -0.39 is 0 Å². The quantitative estimate of drug-likeness (QED) is 0.351. The van der Waals surface area contributed by atoms with Crippen LogP contribution in [0.3, 0.4) is 0 Å². The fourth-order valence-electron chi connectivity index (χ4n) is 0.856. The van der Waals surface area contributed by atoms with Gasteiger partial charge in [-0.25, -0.2) is 0 Å². The molecule has 74 valence electrons. The molecule has 0 unspecified atom stereocenters. The first-order valence-corrected chi connectivity index (χ1v) is 3.30. The summed E-state index contributed by atoms with van der Waals surface area (Å²) in [5, 5.41) is 0. The molecule has 4 heteroatoms. The Labute approximate surface area is 107 Å². The average molecular weight is 407 g/mol. The van der Waals surface area contributed by atoms with Crippen LogP contribution < -0.4 is 37.2 Å². The molecule has 0 saturated heterocycles. The van der Waals surface area contributed by atoms with Crippen LogP contribution in [-0.4, -0.2) is 0 Å². The molecule has 0 bridgehead atoms. The summed E-state index contributed by atoms with van der Waals surface area (Å²) >= 11 is 0. The summed E-state index contributed by atoms with van der Waals surface area (Å²) < 4.78 is 0. The van der Waals surface area contributed by atoms with Crippen LogP contribution in [0.2, 0.25) is 0 Å². The maximum absolute atomic E-state index is 2.27. The van der Waals surface area contributed by atoms with Gasteiger partial charge in [-0.05, 0) is 25.7 Å². The third-order valence-electron chi connectivity index (χ3n) is 1.33. The predicted octanol–water partition coefficient (Wildman–Crippen LogP) is -6.32. The van der Waals surface area contributed by atoms with Gasteiger partial charge in [-0.2, -0.15) is 0 Å². The molecule has 0 aromatic carbocycles. The van der Waals surface area contributed by atoms with Gasteiger partial charge >= 0.3 is 20.1 Å². The summed E-state index contributed by atoms with van der Waals surface area (Å²) in [5.41, 5.74) is 0. The molecule has 0 saturated carbocycles. The van der Waals surface area contributed by atoms with E-state index >= 15 is 0 Å². The number of hydrogen-bond acceptors (Lipinski definition) is 0. The molecular formula is C8H12Cl3Ir. The molecule has 0 N–H and O–H groups in total. The Morgan fingerprint density at radius 1 is 0.500 bits per heavy atom. The van der Waals surface area contributed by atoms with Crippen molar-refractivity contribution in [2.24, 2.45) is 0 Å². The Morgan fingerprint density at radius 3 is 0.833 bits per heavy atom. The smallest absolute Gasteiger partial charge is 1.00 e. The zero-order valence-electron chi connectivity index (χ0n) is 6.61. The summed E-state index contributed by atoms with van der Waals surface area (Å²) in [7, 11) is 0. The summed E-state index contributed by atoms with van der Waals surface area (Å²) in [5.74, 6) is 0. The molecule has 1 aliphatic carbocycles. The molecule has 0 amide bonds. The van der Waals surface area contributed by atoms with Crippen LogP contribution >= 0.6 is 0 Å². The van der Waals surface area contributed by atoms with Crippen molar-refractivity contribution >= 4 is 0 Å². The third-order valence-corrected chi connectivity index (χ3v) is 1.33. The Hall–Kier alpha value is 0.999. The number of allylic oxidation sites excluding steroid dienone is 4. The van der Waals surface area contributed by atoms with E-state index in [2.05, 4.69) is 24.3 Å². The van der Waals surface area contributed by atoms with E-state index in [-0.39, 0.29) is 57.3 Å². The van der Waals surface area contributed by atoms with Gasteiger partial charge in [0.1, 0.15) is 0 Å². The first-order valence-electron chi connectivity index (χ1n) is 3.30. The van der Waals surface area contributed by atoms with Crippen molar-refractivity contribution in [2.75, 3.05) is 0 Å². The second kappa shape index (κ2) is 17.9. The SMILES string of the molecule is C1=CCCC=CCC1.[Cl-].[Cl-].[Cl-].[Ir+3]. The Balaban J connectivity index is -0.0000000800. The van der Waals surface area contributed by atoms with Crippen molar-refractivity contribution in [3.05, 3.63) is 24.3 Å². The molecule has 1 aliphatic rings. The number of rotatable bonds is 0. The van der Waals surface area contributed by atoms with Crippen LogP contribution in [0.4, 0.5) is 0 Å². The van der Waals surface area contributed by atoms with Gasteiger partial charge in [0.25, 0.3) is 0 Å². The molecule has 0 fully saturated rings. The third kappa shape index (κ3) is 13.6. The summed E-state index contributed by atoms with van der Waals surface area (Å²) in [6.45, 7) is 0. The van der Waals surface area contributed by atoms with Gasteiger partial charge in [-0.1, -0.05) is 24.3 Å². The average Bonchev–Trinajstić information content (AvgIpc) is 1.62. The predicted molar refractivity (Wildman–Crippen MR) is 36.7 cm³/mol. The van der Waals surface area contributed by atoms with Gasteiger partial charge in [0.15, 0.2) is 0 Å². The molecule has 0 aromatic rings. The molecule has 0 nitrogen and oxygen atoms in total. The van der Waals surface area contributed by atoms with Gasteiger partial charge < -0.3 is 37.2 Å². The van der Waals surface area contributed by atoms with Gasteiger partial charge in [0.05, 0.1) is 0 Å². The molecule has 0 spiro atoms. The van der Waals surface area contributed by atoms with E-state index in [1.165, 1.54) is 25.7 Å². The van der Waals surface area contributed by atoms with Gasteiger partial charge in [0.2, 0.25) is 0 Å². The molecule has 0 aromatic heterocycles. The largest absolute Gasteiger partial charge is 3.00 e. The molecule has 0 heterocycles. The Bertz CT molecular complexity index is 86.9. The van der Waals surface area contributed by atoms with Crippen LogP contribution in [0.15, 0.2) is 24.3 Å². The van der Waals surface area contributed by atoms with Crippen molar-refractivity contribution < 1.29 is 57.3 Å².